The van der Waals surface area contributed by atoms with Gasteiger partial charge in [-0.05, 0) is 73.2 Å². The van der Waals surface area contributed by atoms with Crippen molar-refractivity contribution < 1.29 is 34.7 Å². The van der Waals surface area contributed by atoms with Gasteiger partial charge in [-0.2, -0.15) is 13.2 Å². The van der Waals surface area contributed by atoms with E-state index in [4.69, 9.17) is 4.74 Å². The topological polar surface area (TPSA) is 102 Å². The molecule has 3 aromatic rings. The lowest BCUT2D eigenvalue weighted by atomic mass is 10.2. The average Bonchev–Trinajstić information content (AvgIpc) is 2.73. The van der Waals surface area contributed by atoms with Gasteiger partial charge in [0.15, 0.2) is 0 Å². The number of anilines is 2. The predicted octanol–water partition coefficient (Wildman–Crippen LogP) is 4.62. The summed E-state index contributed by atoms with van der Waals surface area (Å²) in [6.45, 7) is 1.69. The van der Waals surface area contributed by atoms with Crippen LogP contribution in [0.4, 0.5) is 24.5 Å². The van der Waals surface area contributed by atoms with Crippen LogP contribution in [0, 0.1) is 6.92 Å². The highest BCUT2D eigenvalue weighted by atomic mass is 32.2. The molecule has 0 fully saturated rings. The fourth-order valence-electron chi connectivity index (χ4n) is 2.91. The zero-order valence-corrected chi connectivity index (χ0v) is 19.0. The first-order valence-corrected chi connectivity index (χ1v) is 12.3. The molecule has 0 aromatic heterocycles. The van der Waals surface area contributed by atoms with Crippen LogP contribution >= 0.6 is 0 Å². The molecule has 176 valence electrons. The van der Waals surface area contributed by atoms with E-state index in [0.29, 0.717) is 17.4 Å². The minimum Gasteiger partial charge on any atom is -0.496 e. The molecule has 0 aliphatic heterocycles. The molecule has 7 nitrogen and oxygen atoms in total. The Morgan fingerprint density at radius 3 is 1.91 bits per heavy atom. The largest absolute Gasteiger partial charge is 0.496 e. The normalized spacial score (nSPS) is 12.3. The van der Waals surface area contributed by atoms with Gasteiger partial charge in [-0.25, -0.2) is 16.8 Å². The minimum absolute atomic E-state index is 0.0105. The van der Waals surface area contributed by atoms with Gasteiger partial charge in [-0.1, -0.05) is 6.07 Å². The van der Waals surface area contributed by atoms with Crippen LogP contribution in [0.5, 0.6) is 5.75 Å². The van der Waals surface area contributed by atoms with E-state index in [1.807, 2.05) is 0 Å². The van der Waals surface area contributed by atoms with E-state index >= 15 is 0 Å². The molecule has 0 bridgehead atoms. The van der Waals surface area contributed by atoms with Crippen LogP contribution in [0.15, 0.2) is 76.5 Å². The van der Waals surface area contributed by atoms with E-state index in [9.17, 15) is 30.0 Å². The summed E-state index contributed by atoms with van der Waals surface area (Å²) in [5.41, 5.74) is -0.547. The summed E-state index contributed by atoms with van der Waals surface area (Å²) >= 11 is 0. The smallest absolute Gasteiger partial charge is 0.416 e. The molecule has 0 spiro atoms. The predicted molar refractivity (Wildman–Crippen MR) is 117 cm³/mol. The molecule has 0 saturated carbocycles. The number of benzene rings is 3. The monoisotopic (exact) mass is 500 g/mol. The summed E-state index contributed by atoms with van der Waals surface area (Å²) in [5.74, 6) is 0.525. The molecular formula is C21H19F3N2O5S2. The summed E-state index contributed by atoms with van der Waals surface area (Å²) in [7, 11) is -6.70. The molecule has 0 aliphatic rings. The molecule has 0 heterocycles. The molecule has 2 N–H and O–H groups in total. The lowest BCUT2D eigenvalue weighted by molar-refractivity contribution is -0.137. The number of hydrogen-bond acceptors (Lipinski definition) is 5. The molecule has 0 unspecified atom stereocenters. The molecule has 0 amide bonds. The van der Waals surface area contributed by atoms with Gasteiger partial charge in [0.1, 0.15) is 5.75 Å². The number of methoxy groups -OCH3 is 1. The Kier molecular flexibility index (Phi) is 6.61. The van der Waals surface area contributed by atoms with Gasteiger partial charge < -0.3 is 4.74 Å². The zero-order chi connectivity index (χ0) is 24.4. The number of alkyl halides is 3. The van der Waals surface area contributed by atoms with E-state index < -0.39 is 31.8 Å². The Labute approximate surface area is 189 Å². The van der Waals surface area contributed by atoms with Crippen LogP contribution in [-0.4, -0.2) is 23.9 Å². The van der Waals surface area contributed by atoms with Gasteiger partial charge in [0.2, 0.25) is 0 Å². The molecule has 0 aliphatic carbocycles. The van der Waals surface area contributed by atoms with Crippen molar-refractivity contribution >= 4 is 31.4 Å². The quantitative estimate of drug-likeness (QED) is 0.493. The maximum Gasteiger partial charge on any atom is 0.416 e. The molecule has 33 heavy (non-hydrogen) atoms. The number of halogens is 3. The number of nitrogens with one attached hydrogen (secondary N) is 2. The minimum atomic E-state index is -4.62. The van der Waals surface area contributed by atoms with E-state index in [-0.39, 0.29) is 21.2 Å². The average molecular weight is 501 g/mol. The Morgan fingerprint density at radius 2 is 1.33 bits per heavy atom. The van der Waals surface area contributed by atoms with Crippen LogP contribution in [0.2, 0.25) is 0 Å². The van der Waals surface area contributed by atoms with Gasteiger partial charge in [0.05, 0.1) is 22.5 Å². The summed E-state index contributed by atoms with van der Waals surface area (Å²) in [6, 6.07) is 12.8. The molecule has 3 rings (SSSR count). The fraction of sp³-hybridized carbons (Fsp3) is 0.143. The van der Waals surface area contributed by atoms with Crippen molar-refractivity contribution in [2.75, 3.05) is 16.6 Å². The highest BCUT2D eigenvalue weighted by molar-refractivity contribution is 7.93. The second kappa shape index (κ2) is 8.94. The van der Waals surface area contributed by atoms with Crippen LogP contribution in [0.25, 0.3) is 0 Å². The van der Waals surface area contributed by atoms with Crippen LogP contribution in [0.1, 0.15) is 11.1 Å². The maximum absolute atomic E-state index is 12.8. The van der Waals surface area contributed by atoms with Crippen molar-refractivity contribution in [2.45, 2.75) is 22.9 Å². The number of aryl methyl sites for hydroxylation is 1. The van der Waals surface area contributed by atoms with E-state index in [1.165, 1.54) is 43.5 Å². The van der Waals surface area contributed by atoms with Crippen LogP contribution in [0.3, 0.4) is 0 Å². The third kappa shape index (κ3) is 5.76. The van der Waals surface area contributed by atoms with E-state index in [0.717, 1.165) is 24.3 Å². The number of hydrogen-bond donors (Lipinski definition) is 2. The standard InChI is InChI=1S/C21H19F3N2O5S2/c1-14-12-19(10-11-20(14)31-2)33(29,30)25-16-6-8-18(9-7-16)32(27,28)26-17-5-3-4-15(13-17)21(22,23)24/h3-13,25-26H,1-2H3. The second-order valence-corrected chi connectivity index (χ2v) is 10.3. The maximum atomic E-state index is 12.8. The van der Waals surface area contributed by atoms with E-state index in [2.05, 4.69) is 9.44 Å². The molecule has 3 aromatic carbocycles. The fourth-order valence-corrected chi connectivity index (χ4v) is 5.10. The van der Waals surface area contributed by atoms with Gasteiger partial charge in [0.25, 0.3) is 20.0 Å². The number of rotatable bonds is 7. The highest BCUT2D eigenvalue weighted by Crippen LogP contribution is 2.31. The van der Waals surface area contributed by atoms with Crippen molar-refractivity contribution in [3.63, 3.8) is 0 Å². The number of sulfonamides is 2. The third-order valence-corrected chi connectivity index (χ3v) is 7.31. The molecule has 0 atom stereocenters. The third-order valence-electron chi connectivity index (χ3n) is 4.54. The van der Waals surface area contributed by atoms with E-state index in [1.54, 1.807) is 6.92 Å². The Morgan fingerprint density at radius 1 is 0.758 bits per heavy atom. The summed E-state index contributed by atoms with van der Waals surface area (Å²) < 4.78 is 98.4. The molecular weight excluding hydrogens is 481 g/mol. The summed E-state index contributed by atoms with van der Waals surface area (Å²) in [5, 5.41) is 0. The Balaban J connectivity index is 1.79. The second-order valence-electron chi connectivity index (χ2n) is 6.95. The van der Waals surface area contributed by atoms with Gasteiger partial charge in [-0.3, -0.25) is 9.44 Å². The molecule has 0 saturated heterocycles. The molecule has 0 radical (unpaired) electrons. The van der Waals surface area contributed by atoms with Gasteiger partial charge in [0, 0.05) is 11.4 Å². The highest BCUT2D eigenvalue weighted by Gasteiger charge is 2.30. The summed E-state index contributed by atoms with van der Waals surface area (Å²) in [4.78, 5) is -0.271. The van der Waals surface area contributed by atoms with Crippen molar-refractivity contribution in [3.05, 3.63) is 77.9 Å². The lowest BCUT2D eigenvalue weighted by Gasteiger charge is -2.13. The first kappa shape index (κ1) is 24.4. The number of ether oxygens (including phenoxy) is 1. The zero-order valence-electron chi connectivity index (χ0n) is 17.3. The van der Waals surface area contributed by atoms with Crippen molar-refractivity contribution in [3.8, 4) is 5.75 Å². The SMILES string of the molecule is COc1ccc(S(=O)(=O)Nc2ccc(S(=O)(=O)Nc3cccc(C(F)(F)F)c3)cc2)cc1C. The first-order valence-electron chi connectivity index (χ1n) is 9.29. The van der Waals surface area contributed by atoms with Crippen molar-refractivity contribution in [2.24, 2.45) is 0 Å². The van der Waals surface area contributed by atoms with Crippen LogP contribution < -0.4 is 14.2 Å². The summed E-state index contributed by atoms with van der Waals surface area (Å²) in [6.07, 6.45) is -4.62. The van der Waals surface area contributed by atoms with Gasteiger partial charge in [-0.15, -0.1) is 0 Å². The van der Waals surface area contributed by atoms with Crippen molar-refractivity contribution in [1.82, 2.24) is 0 Å². The molecule has 12 heteroatoms. The lowest BCUT2D eigenvalue weighted by Crippen LogP contribution is -2.15. The Hall–Kier alpha value is -3.25. The van der Waals surface area contributed by atoms with Crippen LogP contribution in [-0.2, 0) is 26.2 Å². The first-order chi connectivity index (χ1) is 15.3. The van der Waals surface area contributed by atoms with Gasteiger partial charge >= 0.3 is 6.18 Å². The van der Waals surface area contributed by atoms with Crippen molar-refractivity contribution in [1.29, 1.82) is 0 Å². The Bertz CT molecular complexity index is 1370.